The Bertz CT molecular complexity index is 727. The number of hydrogen-bond acceptors (Lipinski definition) is 4. The van der Waals surface area contributed by atoms with Crippen molar-refractivity contribution in [2.45, 2.75) is 32.5 Å². The number of amides is 2. The van der Waals surface area contributed by atoms with E-state index in [1.807, 2.05) is 13.8 Å². The lowest BCUT2D eigenvalue weighted by atomic mass is 9.99. The topological polar surface area (TPSA) is 80.6 Å². The van der Waals surface area contributed by atoms with Gasteiger partial charge in [0.15, 0.2) is 0 Å². The first-order chi connectivity index (χ1) is 11.9. The number of carbonyl (C=O) groups excluding carboxylic acids is 2. The number of ether oxygens (including phenoxy) is 1. The number of fused-ring (bicyclic) bond motifs is 2. The molecule has 3 heterocycles. The van der Waals surface area contributed by atoms with Crippen LogP contribution in [0, 0.1) is 11.8 Å². The van der Waals surface area contributed by atoms with E-state index in [1.54, 1.807) is 30.3 Å². The fourth-order valence-electron chi connectivity index (χ4n) is 3.47. The zero-order valence-electron chi connectivity index (χ0n) is 14.9. The Morgan fingerprint density at radius 1 is 1.36 bits per heavy atom. The molecule has 7 nitrogen and oxygen atoms in total. The highest BCUT2D eigenvalue weighted by Gasteiger charge is 2.45. The highest BCUT2D eigenvalue weighted by atomic mass is 16.5. The zero-order valence-corrected chi connectivity index (χ0v) is 14.9. The summed E-state index contributed by atoms with van der Waals surface area (Å²) in [4.78, 5) is 38.9. The van der Waals surface area contributed by atoms with Gasteiger partial charge in [-0.3, -0.25) is 14.4 Å². The highest BCUT2D eigenvalue weighted by molar-refractivity contribution is 5.94. The van der Waals surface area contributed by atoms with Crippen molar-refractivity contribution in [1.82, 2.24) is 14.8 Å². The monoisotopic (exact) mass is 347 g/mol. The second-order valence-corrected chi connectivity index (χ2v) is 7.33. The quantitative estimate of drug-likeness (QED) is 0.854. The van der Waals surface area contributed by atoms with Crippen molar-refractivity contribution < 1.29 is 14.3 Å². The summed E-state index contributed by atoms with van der Waals surface area (Å²) in [7, 11) is 1.62. The van der Waals surface area contributed by atoms with Gasteiger partial charge in [0.25, 0.3) is 11.5 Å². The van der Waals surface area contributed by atoms with E-state index in [0.29, 0.717) is 32.0 Å². The van der Waals surface area contributed by atoms with Gasteiger partial charge in [-0.1, -0.05) is 13.8 Å². The fourth-order valence-corrected chi connectivity index (χ4v) is 3.47. The molecule has 0 radical (unpaired) electrons. The Labute approximate surface area is 147 Å². The molecule has 3 atom stereocenters. The lowest BCUT2D eigenvalue weighted by molar-refractivity contribution is -0.127. The van der Waals surface area contributed by atoms with Crippen molar-refractivity contribution in [3.8, 4) is 0 Å². The maximum absolute atomic E-state index is 12.7. The number of likely N-dealkylation sites (tertiary alicyclic amines) is 1. The minimum Gasteiger partial charge on any atom is -0.370 e. The number of pyridine rings is 1. The third-order valence-corrected chi connectivity index (χ3v) is 4.82. The normalized spacial score (nSPS) is 25.3. The Hall–Kier alpha value is -2.15. The third kappa shape index (κ3) is 3.61. The Morgan fingerprint density at radius 2 is 2.12 bits per heavy atom. The summed E-state index contributed by atoms with van der Waals surface area (Å²) >= 11 is 0. The second-order valence-electron chi connectivity index (χ2n) is 7.33. The minimum atomic E-state index is -0.308. The minimum absolute atomic E-state index is 0.00822. The van der Waals surface area contributed by atoms with Crippen molar-refractivity contribution in [1.29, 1.82) is 0 Å². The summed E-state index contributed by atoms with van der Waals surface area (Å²) in [5.74, 6) is -0.146. The van der Waals surface area contributed by atoms with E-state index in [4.69, 9.17) is 4.74 Å². The van der Waals surface area contributed by atoms with Crippen molar-refractivity contribution >= 4 is 11.8 Å². The predicted octanol–water partition coefficient (Wildman–Crippen LogP) is 0.387. The Morgan fingerprint density at radius 3 is 2.84 bits per heavy atom. The number of rotatable bonds is 4. The highest BCUT2D eigenvalue weighted by Crippen LogP contribution is 2.32. The molecule has 2 fully saturated rings. The van der Waals surface area contributed by atoms with Crippen LogP contribution in [0.25, 0.3) is 0 Å². The van der Waals surface area contributed by atoms with Crippen LogP contribution in [0.2, 0.25) is 0 Å². The van der Waals surface area contributed by atoms with Gasteiger partial charge < -0.3 is 19.5 Å². The molecule has 1 N–H and O–H groups in total. The van der Waals surface area contributed by atoms with Crippen LogP contribution in [0.1, 0.15) is 30.6 Å². The number of aromatic nitrogens is 1. The Kier molecular flexibility index (Phi) is 4.94. The van der Waals surface area contributed by atoms with Crippen LogP contribution < -0.4 is 10.9 Å². The summed E-state index contributed by atoms with van der Waals surface area (Å²) in [6, 6.07) is 3.24. The molecule has 0 aliphatic carbocycles. The summed E-state index contributed by atoms with van der Waals surface area (Å²) in [5, 5.41) is 2.95. The molecule has 2 bridgehead atoms. The van der Waals surface area contributed by atoms with Crippen LogP contribution >= 0.6 is 0 Å². The van der Waals surface area contributed by atoms with E-state index in [2.05, 4.69) is 5.32 Å². The number of morpholine rings is 1. The van der Waals surface area contributed by atoms with Crippen molar-refractivity contribution in [3.05, 3.63) is 34.2 Å². The van der Waals surface area contributed by atoms with Gasteiger partial charge in [0.1, 0.15) is 5.56 Å². The van der Waals surface area contributed by atoms with Crippen LogP contribution in [0.5, 0.6) is 0 Å². The Balaban J connectivity index is 1.70. The van der Waals surface area contributed by atoms with Gasteiger partial charge in [-0.15, -0.1) is 0 Å². The maximum atomic E-state index is 12.7. The van der Waals surface area contributed by atoms with E-state index in [1.165, 1.54) is 4.57 Å². The third-order valence-electron chi connectivity index (χ3n) is 4.82. The first-order valence-electron chi connectivity index (χ1n) is 8.75. The standard InChI is InChI=1S/C18H25N3O4/c1-11(2)8-19-16(22)14-7-12-9-21(10-15(14)25-12)18(24)13-5-4-6-20(3)17(13)23/h4-6,11-12,14-15H,7-10H2,1-3H3,(H,19,22). The molecular weight excluding hydrogens is 322 g/mol. The first-order valence-corrected chi connectivity index (χ1v) is 8.75. The number of aryl methyl sites for hydroxylation is 1. The molecule has 1 aromatic rings. The van der Waals surface area contributed by atoms with Gasteiger partial charge in [0.2, 0.25) is 5.91 Å². The lowest BCUT2D eigenvalue weighted by Gasteiger charge is -2.32. The van der Waals surface area contributed by atoms with E-state index in [-0.39, 0.29) is 41.1 Å². The van der Waals surface area contributed by atoms with Gasteiger partial charge >= 0.3 is 0 Å². The van der Waals surface area contributed by atoms with Gasteiger partial charge in [-0.25, -0.2) is 0 Å². The van der Waals surface area contributed by atoms with Crippen LogP contribution in [0.4, 0.5) is 0 Å². The molecule has 1 aromatic heterocycles. The molecule has 2 aliphatic heterocycles. The zero-order chi connectivity index (χ0) is 18.1. The van der Waals surface area contributed by atoms with Gasteiger partial charge in [-0.2, -0.15) is 0 Å². The van der Waals surface area contributed by atoms with Crippen LogP contribution in [-0.4, -0.2) is 53.1 Å². The first kappa shape index (κ1) is 17.7. The molecule has 25 heavy (non-hydrogen) atoms. The molecule has 0 spiro atoms. The maximum Gasteiger partial charge on any atom is 0.263 e. The number of nitrogens with zero attached hydrogens (tertiary/aromatic N) is 2. The predicted molar refractivity (Wildman–Crippen MR) is 92.2 cm³/mol. The van der Waals surface area contributed by atoms with Crippen molar-refractivity contribution in [3.63, 3.8) is 0 Å². The largest absolute Gasteiger partial charge is 0.370 e. The number of nitrogens with one attached hydrogen (secondary N) is 1. The summed E-state index contributed by atoms with van der Waals surface area (Å²) in [5.41, 5.74) is -0.148. The van der Waals surface area contributed by atoms with Crippen molar-refractivity contribution in [2.75, 3.05) is 19.6 Å². The van der Waals surface area contributed by atoms with E-state index in [0.717, 1.165) is 0 Å². The molecule has 3 rings (SSSR count). The lowest BCUT2D eigenvalue weighted by Crippen LogP contribution is -2.49. The molecule has 2 saturated heterocycles. The summed E-state index contributed by atoms with van der Waals surface area (Å²) in [6.45, 7) is 5.49. The smallest absolute Gasteiger partial charge is 0.263 e. The van der Waals surface area contributed by atoms with E-state index < -0.39 is 0 Å². The van der Waals surface area contributed by atoms with Gasteiger partial charge in [-0.05, 0) is 24.5 Å². The summed E-state index contributed by atoms with van der Waals surface area (Å²) < 4.78 is 7.26. The van der Waals surface area contributed by atoms with Gasteiger partial charge in [0, 0.05) is 32.9 Å². The SMILES string of the molecule is CC(C)CNC(=O)C1CC2CN(C(=O)c3cccn(C)c3=O)CC1O2. The average Bonchev–Trinajstić information content (AvgIpc) is 2.88. The van der Waals surface area contributed by atoms with Crippen LogP contribution in [0.15, 0.2) is 23.1 Å². The number of hydrogen-bond donors (Lipinski definition) is 1. The molecule has 2 aliphatic rings. The molecule has 7 heteroatoms. The number of carbonyl (C=O) groups is 2. The molecule has 0 aromatic carbocycles. The second kappa shape index (κ2) is 7.00. The molecule has 3 unspecified atom stereocenters. The van der Waals surface area contributed by atoms with Crippen molar-refractivity contribution in [2.24, 2.45) is 18.9 Å². The van der Waals surface area contributed by atoms with Crippen LogP contribution in [0.3, 0.4) is 0 Å². The molecular formula is C18H25N3O4. The van der Waals surface area contributed by atoms with Crippen LogP contribution in [-0.2, 0) is 16.6 Å². The van der Waals surface area contributed by atoms with E-state index in [9.17, 15) is 14.4 Å². The van der Waals surface area contributed by atoms with Gasteiger partial charge in [0.05, 0.1) is 18.1 Å². The van der Waals surface area contributed by atoms with E-state index >= 15 is 0 Å². The fraction of sp³-hybridized carbons (Fsp3) is 0.611. The molecule has 136 valence electrons. The molecule has 0 saturated carbocycles. The summed E-state index contributed by atoms with van der Waals surface area (Å²) in [6.07, 6.45) is 1.79. The molecule has 2 amide bonds. The average molecular weight is 347 g/mol.